The highest BCUT2D eigenvalue weighted by Crippen LogP contribution is 2.93. The number of para-hydroxylation sites is 3. The Kier molecular flexibility index (Phi) is 3.15. The number of aliphatic carboxylic acids is 1. The first-order valence-corrected chi connectivity index (χ1v) is 11.0. The molecular formula is C25H21N3O4. The molecule has 3 saturated carbocycles. The quantitative estimate of drug-likeness (QED) is 0.486. The SMILES string of the molecule is O=C(NC1(C23CC2(C(=O)O)C3)CC1)c1cccc2ccn(Cc3nc4ccccc4o3)c12. The lowest BCUT2D eigenvalue weighted by molar-refractivity contribution is -0.141. The van der Waals surface area contributed by atoms with E-state index in [1.807, 2.05) is 59.3 Å². The first kappa shape index (κ1) is 18.0. The molecule has 0 aliphatic heterocycles. The van der Waals surface area contributed by atoms with E-state index in [2.05, 4.69) is 10.3 Å². The Morgan fingerprint density at radius 1 is 1.09 bits per heavy atom. The molecule has 1 amide bonds. The predicted octanol–water partition coefficient (Wildman–Crippen LogP) is 3.96. The molecule has 0 saturated heterocycles. The number of hydrogen-bond donors (Lipinski definition) is 2. The van der Waals surface area contributed by atoms with Gasteiger partial charge in [-0.3, -0.25) is 9.59 Å². The Labute approximate surface area is 183 Å². The lowest BCUT2D eigenvalue weighted by Crippen LogP contribution is -2.41. The van der Waals surface area contributed by atoms with Crippen molar-refractivity contribution in [3.05, 3.63) is 66.2 Å². The van der Waals surface area contributed by atoms with E-state index >= 15 is 0 Å². The second-order valence-corrected chi connectivity index (χ2v) is 9.62. The fourth-order valence-electron chi connectivity index (χ4n) is 5.88. The smallest absolute Gasteiger partial charge is 0.310 e. The summed E-state index contributed by atoms with van der Waals surface area (Å²) in [5.74, 6) is -0.274. The van der Waals surface area contributed by atoms with Crippen molar-refractivity contribution in [2.24, 2.45) is 10.8 Å². The average molecular weight is 427 g/mol. The number of aromatic nitrogens is 2. The van der Waals surface area contributed by atoms with Crippen LogP contribution in [-0.2, 0) is 11.3 Å². The molecule has 2 heterocycles. The number of oxazole rings is 1. The molecule has 3 fully saturated rings. The summed E-state index contributed by atoms with van der Waals surface area (Å²) in [5, 5.41) is 13.8. The average Bonchev–Trinajstić information content (AvgIpc) is 3.69. The van der Waals surface area contributed by atoms with Gasteiger partial charge in [-0.25, -0.2) is 4.98 Å². The lowest BCUT2D eigenvalue weighted by Gasteiger charge is -2.21. The molecule has 7 nitrogen and oxygen atoms in total. The van der Waals surface area contributed by atoms with Gasteiger partial charge >= 0.3 is 5.97 Å². The number of amides is 1. The Hall–Kier alpha value is -3.61. The van der Waals surface area contributed by atoms with Crippen molar-refractivity contribution in [2.45, 2.75) is 37.8 Å². The molecule has 0 atom stereocenters. The van der Waals surface area contributed by atoms with Gasteiger partial charge in [0.05, 0.1) is 23.0 Å². The van der Waals surface area contributed by atoms with Gasteiger partial charge in [0.2, 0.25) is 5.89 Å². The number of nitrogens with one attached hydrogen (secondary N) is 1. The largest absolute Gasteiger partial charge is 0.481 e. The zero-order valence-corrected chi connectivity index (χ0v) is 17.3. The number of carbonyl (C=O) groups is 2. The molecule has 7 heteroatoms. The van der Waals surface area contributed by atoms with Crippen LogP contribution >= 0.6 is 0 Å². The number of fused-ring (bicyclic) bond motifs is 3. The van der Waals surface area contributed by atoms with E-state index in [1.165, 1.54) is 0 Å². The predicted molar refractivity (Wildman–Crippen MR) is 116 cm³/mol. The van der Waals surface area contributed by atoms with Crippen LogP contribution in [-0.4, -0.2) is 32.1 Å². The molecule has 7 rings (SSSR count). The van der Waals surface area contributed by atoms with Crippen LogP contribution in [0.25, 0.3) is 22.0 Å². The standard InChI is InChI=1S/C25H21N3O4/c29-21(27-25(9-10-25)24-13-23(24,14-24)22(30)31)16-5-3-4-15-8-11-28(20(15)16)12-19-26-17-6-1-2-7-18(17)32-19/h1-8,11H,9-10,12-14H2,(H,27,29)(H,30,31). The van der Waals surface area contributed by atoms with Gasteiger partial charge in [0.15, 0.2) is 5.58 Å². The van der Waals surface area contributed by atoms with Crippen molar-refractivity contribution < 1.29 is 19.1 Å². The number of rotatable bonds is 6. The van der Waals surface area contributed by atoms with E-state index in [9.17, 15) is 14.7 Å². The van der Waals surface area contributed by atoms with Gasteiger partial charge in [-0.15, -0.1) is 0 Å². The number of carboxylic acids is 1. The highest BCUT2D eigenvalue weighted by Gasteiger charge is 2.95. The van der Waals surface area contributed by atoms with E-state index in [1.54, 1.807) is 0 Å². The number of carboxylic acid groups (broad SMARTS) is 1. The third-order valence-corrected chi connectivity index (χ3v) is 7.98. The van der Waals surface area contributed by atoms with Crippen LogP contribution in [0.4, 0.5) is 0 Å². The van der Waals surface area contributed by atoms with Crippen LogP contribution in [0.3, 0.4) is 0 Å². The van der Waals surface area contributed by atoms with E-state index in [0.717, 1.165) is 34.8 Å². The summed E-state index contributed by atoms with van der Waals surface area (Å²) in [6.45, 7) is 0.416. The van der Waals surface area contributed by atoms with Crippen molar-refractivity contribution >= 4 is 33.9 Å². The first-order chi connectivity index (χ1) is 15.5. The van der Waals surface area contributed by atoms with E-state index in [-0.39, 0.29) is 16.9 Å². The maximum absolute atomic E-state index is 13.4. The van der Waals surface area contributed by atoms with Gasteiger partial charge in [0.25, 0.3) is 5.91 Å². The van der Waals surface area contributed by atoms with E-state index < -0.39 is 11.4 Å². The minimum atomic E-state index is -0.715. The Morgan fingerprint density at radius 2 is 1.91 bits per heavy atom. The van der Waals surface area contributed by atoms with Crippen LogP contribution in [0.2, 0.25) is 0 Å². The molecule has 2 aromatic heterocycles. The molecular weight excluding hydrogens is 406 g/mol. The van der Waals surface area contributed by atoms with Gasteiger partial charge in [-0.1, -0.05) is 24.3 Å². The maximum Gasteiger partial charge on any atom is 0.310 e. The lowest BCUT2D eigenvalue weighted by atomic mass is 10.0. The summed E-state index contributed by atoms with van der Waals surface area (Å²) in [7, 11) is 0. The minimum Gasteiger partial charge on any atom is -0.481 e. The van der Waals surface area contributed by atoms with Gasteiger partial charge in [-0.05, 0) is 49.9 Å². The highest BCUT2D eigenvalue weighted by molar-refractivity contribution is 6.06. The van der Waals surface area contributed by atoms with E-state index in [4.69, 9.17) is 4.42 Å². The van der Waals surface area contributed by atoms with Crippen LogP contribution in [0.1, 0.15) is 41.9 Å². The van der Waals surface area contributed by atoms with Crippen molar-refractivity contribution in [1.29, 1.82) is 0 Å². The van der Waals surface area contributed by atoms with Crippen molar-refractivity contribution in [3.8, 4) is 0 Å². The van der Waals surface area contributed by atoms with Crippen molar-refractivity contribution in [1.82, 2.24) is 14.9 Å². The van der Waals surface area contributed by atoms with Gasteiger partial charge in [0.1, 0.15) is 5.52 Å². The molecule has 160 valence electrons. The molecule has 3 aliphatic rings. The van der Waals surface area contributed by atoms with Gasteiger partial charge in [-0.2, -0.15) is 0 Å². The molecule has 3 aliphatic carbocycles. The van der Waals surface area contributed by atoms with Crippen molar-refractivity contribution in [3.63, 3.8) is 0 Å². The fraction of sp³-hybridized carbons (Fsp3) is 0.320. The van der Waals surface area contributed by atoms with Crippen LogP contribution in [0, 0.1) is 10.8 Å². The summed E-state index contributed by atoms with van der Waals surface area (Å²) >= 11 is 0. The molecule has 0 unspecified atom stereocenters. The third kappa shape index (κ3) is 2.18. The number of nitrogens with zero attached hydrogens (tertiary/aromatic N) is 2. The normalized spacial score (nSPS) is 26.6. The summed E-state index contributed by atoms with van der Waals surface area (Å²) in [6.07, 6.45) is 5.03. The second-order valence-electron chi connectivity index (χ2n) is 9.62. The summed E-state index contributed by atoms with van der Waals surface area (Å²) in [6, 6.07) is 15.3. The maximum atomic E-state index is 13.4. The number of benzene rings is 2. The molecule has 0 bridgehead atoms. The summed E-state index contributed by atoms with van der Waals surface area (Å²) < 4.78 is 7.87. The van der Waals surface area contributed by atoms with Crippen LogP contribution in [0.15, 0.2) is 59.1 Å². The first-order valence-electron chi connectivity index (χ1n) is 11.0. The number of carbonyl (C=O) groups excluding carboxylic acids is 1. The molecule has 0 radical (unpaired) electrons. The van der Waals surface area contributed by atoms with Gasteiger partial charge < -0.3 is 19.4 Å². The Balaban J connectivity index is 1.21. The molecule has 2 aromatic carbocycles. The number of hydrogen-bond acceptors (Lipinski definition) is 4. The highest BCUT2D eigenvalue weighted by atomic mass is 16.4. The third-order valence-electron chi connectivity index (χ3n) is 7.98. The molecule has 0 spiro atoms. The summed E-state index contributed by atoms with van der Waals surface area (Å²) in [4.78, 5) is 29.6. The van der Waals surface area contributed by atoms with Crippen LogP contribution < -0.4 is 5.32 Å². The summed E-state index contributed by atoms with van der Waals surface area (Å²) in [5.41, 5.74) is 1.80. The molecule has 2 N–H and O–H groups in total. The fourth-order valence-corrected chi connectivity index (χ4v) is 5.88. The molecule has 32 heavy (non-hydrogen) atoms. The van der Waals surface area contributed by atoms with Crippen molar-refractivity contribution in [2.75, 3.05) is 0 Å². The monoisotopic (exact) mass is 427 g/mol. The Morgan fingerprint density at radius 3 is 2.62 bits per heavy atom. The topological polar surface area (TPSA) is 97.4 Å². The zero-order valence-electron chi connectivity index (χ0n) is 17.3. The zero-order chi connectivity index (χ0) is 21.7. The van der Waals surface area contributed by atoms with Gasteiger partial charge in [0, 0.05) is 22.5 Å². The minimum absolute atomic E-state index is 0.141. The molecule has 4 aromatic rings. The van der Waals surface area contributed by atoms with Crippen LogP contribution in [0.5, 0.6) is 0 Å². The second kappa shape index (κ2) is 5.59. The Bertz CT molecular complexity index is 1420. The van der Waals surface area contributed by atoms with E-state index in [0.29, 0.717) is 30.8 Å².